The molecule has 0 saturated carbocycles. The third-order valence-corrected chi connectivity index (χ3v) is 2.95. The summed E-state index contributed by atoms with van der Waals surface area (Å²) in [6.45, 7) is 5.26. The fourth-order valence-electron chi connectivity index (χ4n) is 2.25. The van der Waals surface area contributed by atoms with Crippen molar-refractivity contribution in [1.29, 1.82) is 0 Å². The molecule has 1 aromatic rings. The molecule has 5 nitrogen and oxygen atoms in total. The van der Waals surface area contributed by atoms with E-state index in [-0.39, 0.29) is 18.0 Å². The number of alkyl halides is 3. The summed E-state index contributed by atoms with van der Waals surface area (Å²) in [4.78, 5) is 9.40. The van der Waals surface area contributed by atoms with Crippen LogP contribution in [-0.2, 0) is 6.18 Å². The molecule has 0 amide bonds. The van der Waals surface area contributed by atoms with E-state index in [0.29, 0.717) is 13.1 Å². The number of hydrogen-bond acceptors (Lipinski definition) is 5. The van der Waals surface area contributed by atoms with Gasteiger partial charge in [-0.25, -0.2) is 4.98 Å². The molecule has 1 aromatic heterocycles. The zero-order valence-electron chi connectivity index (χ0n) is 10.7. The summed E-state index contributed by atoms with van der Waals surface area (Å²) in [5.74, 6) is -0.290. The monoisotopic (exact) mass is 275 g/mol. The summed E-state index contributed by atoms with van der Waals surface area (Å²) in [5.41, 5.74) is 4.38. The smallest absolute Gasteiger partial charge is 0.383 e. The van der Waals surface area contributed by atoms with Crippen LogP contribution in [0.4, 0.5) is 24.9 Å². The van der Waals surface area contributed by atoms with E-state index in [1.807, 2.05) is 18.7 Å². The Hall–Kier alpha value is -1.57. The average Bonchev–Trinajstić information content (AvgIpc) is 2.25. The van der Waals surface area contributed by atoms with Crippen LogP contribution < -0.4 is 16.0 Å². The molecule has 1 aliphatic heterocycles. The van der Waals surface area contributed by atoms with Gasteiger partial charge in [-0.15, -0.1) is 0 Å². The first kappa shape index (κ1) is 13.9. The lowest BCUT2D eigenvalue weighted by molar-refractivity contribution is -0.137. The van der Waals surface area contributed by atoms with Gasteiger partial charge in [-0.05, 0) is 13.8 Å². The number of halogens is 3. The van der Waals surface area contributed by atoms with Crippen LogP contribution in [0.1, 0.15) is 19.4 Å². The van der Waals surface area contributed by atoms with Crippen molar-refractivity contribution >= 4 is 11.8 Å². The van der Waals surface area contributed by atoms with Crippen LogP contribution in [0.25, 0.3) is 0 Å². The van der Waals surface area contributed by atoms with E-state index in [1.54, 1.807) is 0 Å². The van der Waals surface area contributed by atoms with E-state index < -0.39 is 17.6 Å². The molecule has 0 aromatic carbocycles. The highest BCUT2D eigenvalue weighted by atomic mass is 19.4. The Morgan fingerprint density at radius 3 is 2.37 bits per heavy atom. The van der Waals surface area contributed by atoms with Crippen molar-refractivity contribution in [2.24, 2.45) is 0 Å². The van der Waals surface area contributed by atoms with Crippen molar-refractivity contribution < 1.29 is 13.2 Å². The molecule has 19 heavy (non-hydrogen) atoms. The van der Waals surface area contributed by atoms with E-state index in [4.69, 9.17) is 5.73 Å². The summed E-state index contributed by atoms with van der Waals surface area (Å²) in [6, 6.07) is 0.437. The van der Waals surface area contributed by atoms with Gasteiger partial charge in [-0.2, -0.15) is 18.2 Å². The van der Waals surface area contributed by atoms with Gasteiger partial charge in [0.2, 0.25) is 5.95 Å². The Kier molecular flexibility index (Phi) is 3.53. The SMILES string of the molecule is C[C@@H]1CN(c2ncc(C(F)(F)F)c(N)n2)C[C@@H](C)N1. The largest absolute Gasteiger partial charge is 0.421 e. The highest BCUT2D eigenvalue weighted by molar-refractivity contribution is 5.46. The molecule has 0 radical (unpaired) electrons. The molecule has 2 atom stereocenters. The number of nitrogens with one attached hydrogen (secondary N) is 1. The van der Waals surface area contributed by atoms with Gasteiger partial charge < -0.3 is 16.0 Å². The summed E-state index contributed by atoms with van der Waals surface area (Å²) >= 11 is 0. The molecular weight excluding hydrogens is 259 g/mol. The molecule has 1 aliphatic rings. The van der Waals surface area contributed by atoms with E-state index in [2.05, 4.69) is 15.3 Å². The first-order chi connectivity index (χ1) is 8.77. The van der Waals surface area contributed by atoms with Gasteiger partial charge in [0.05, 0.1) is 0 Å². The fraction of sp³-hybridized carbons (Fsp3) is 0.636. The van der Waals surface area contributed by atoms with Crippen molar-refractivity contribution in [2.45, 2.75) is 32.1 Å². The average molecular weight is 275 g/mol. The van der Waals surface area contributed by atoms with E-state index in [1.165, 1.54) is 0 Å². The first-order valence-electron chi connectivity index (χ1n) is 5.98. The zero-order chi connectivity index (χ0) is 14.2. The fourth-order valence-corrected chi connectivity index (χ4v) is 2.25. The Bertz CT molecular complexity index is 452. The number of nitrogens with two attached hydrogens (primary N) is 1. The van der Waals surface area contributed by atoms with Gasteiger partial charge in [0.25, 0.3) is 0 Å². The second-order valence-corrected chi connectivity index (χ2v) is 4.84. The number of anilines is 2. The zero-order valence-corrected chi connectivity index (χ0v) is 10.7. The number of aromatic nitrogens is 2. The molecule has 3 N–H and O–H groups in total. The lowest BCUT2D eigenvalue weighted by Crippen LogP contribution is -2.54. The van der Waals surface area contributed by atoms with Crippen LogP contribution in [0.15, 0.2) is 6.20 Å². The van der Waals surface area contributed by atoms with Gasteiger partial charge in [0.15, 0.2) is 0 Å². The molecule has 2 rings (SSSR count). The molecule has 1 saturated heterocycles. The number of piperazine rings is 1. The number of hydrogen-bond donors (Lipinski definition) is 2. The Balaban J connectivity index is 2.25. The summed E-state index contributed by atoms with van der Waals surface area (Å²) in [7, 11) is 0. The molecule has 0 unspecified atom stereocenters. The van der Waals surface area contributed by atoms with Gasteiger partial charge >= 0.3 is 6.18 Å². The van der Waals surface area contributed by atoms with Gasteiger partial charge in [-0.1, -0.05) is 0 Å². The first-order valence-corrected chi connectivity index (χ1v) is 5.98. The predicted molar refractivity (Wildman–Crippen MR) is 65.7 cm³/mol. The molecule has 1 fully saturated rings. The molecule has 0 spiro atoms. The second kappa shape index (κ2) is 4.84. The lowest BCUT2D eigenvalue weighted by Gasteiger charge is -2.36. The molecular formula is C11H16F3N5. The van der Waals surface area contributed by atoms with Crippen molar-refractivity contribution in [2.75, 3.05) is 23.7 Å². The minimum atomic E-state index is -4.52. The van der Waals surface area contributed by atoms with Crippen LogP contribution >= 0.6 is 0 Å². The van der Waals surface area contributed by atoms with E-state index >= 15 is 0 Å². The van der Waals surface area contributed by atoms with Crippen molar-refractivity contribution in [3.8, 4) is 0 Å². The van der Waals surface area contributed by atoms with Crippen molar-refractivity contribution in [1.82, 2.24) is 15.3 Å². The summed E-state index contributed by atoms with van der Waals surface area (Å²) in [5, 5.41) is 3.32. The maximum absolute atomic E-state index is 12.6. The third-order valence-electron chi connectivity index (χ3n) is 2.95. The minimum Gasteiger partial charge on any atom is -0.383 e. The second-order valence-electron chi connectivity index (χ2n) is 4.84. The van der Waals surface area contributed by atoms with Crippen LogP contribution in [0, 0.1) is 0 Å². The highest BCUT2D eigenvalue weighted by Crippen LogP contribution is 2.32. The topological polar surface area (TPSA) is 67.1 Å². The normalized spacial score (nSPS) is 24.6. The molecule has 8 heteroatoms. The third kappa shape index (κ3) is 3.06. The number of nitrogen functional groups attached to an aromatic ring is 1. The van der Waals surface area contributed by atoms with E-state index in [9.17, 15) is 13.2 Å². The Morgan fingerprint density at radius 2 is 1.89 bits per heavy atom. The lowest BCUT2D eigenvalue weighted by atomic mass is 10.1. The predicted octanol–water partition coefficient (Wildman–Crippen LogP) is 1.26. The highest BCUT2D eigenvalue weighted by Gasteiger charge is 2.35. The van der Waals surface area contributed by atoms with Crippen LogP contribution in [0.3, 0.4) is 0 Å². The Morgan fingerprint density at radius 1 is 1.32 bits per heavy atom. The number of nitrogens with zero attached hydrogens (tertiary/aromatic N) is 3. The quantitative estimate of drug-likeness (QED) is 0.807. The number of rotatable bonds is 1. The summed E-state index contributed by atoms with van der Waals surface area (Å²) < 4.78 is 37.7. The Labute approximate surface area is 109 Å². The van der Waals surface area contributed by atoms with Crippen LogP contribution in [-0.4, -0.2) is 35.1 Å². The minimum absolute atomic E-state index is 0.218. The van der Waals surface area contributed by atoms with Crippen molar-refractivity contribution in [3.63, 3.8) is 0 Å². The van der Waals surface area contributed by atoms with Crippen LogP contribution in [0.2, 0.25) is 0 Å². The van der Waals surface area contributed by atoms with Gasteiger partial charge in [0, 0.05) is 31.4 Å². The molecule has 0 bridgehead atoms. The molecule has 2 heterocycles. The van der Waals surface area contributed by atoms with Gasteiger partial charge in [-0.3, -0.25) is 0 Å². The maximum atomic E-state index is 12.6. The standard InChI is InChI=1S/C11H16F3N5/c1-6-4-19(5-7(2)17-6)10-16-3-8(9(15)18-10)11(12,13)14/h3,6-7,17H,4-5H2,1-2H3,(H2,15,16,18)/t6-,7-/m1/s1. The van der Waals surface area contributed by atoms with E-state index in [0.717, 1.165) is 6.20 Å². The summed E-state index contributed by atoms with van der Waals surface area (Å²) in [6.07, 6.45) is -3.78. The maximum Gasteiger partial charge on any atom is 0.421 e. The van der Waals surface area contributed by atoms with Crippen molar-refractivity contribution in [3.05, 3.63) is 11.8 Å². The molecule has 106 valence electrons. The van der Waals surface area contributed by atoms with Gasteiger partial charge in [0.1, 0.15) is 11.4 Å². The molecule has 0 aliphatic carbocycles. The van der Waals surface area contributed by atoms with Crippen LogP contribution in [0.5, 0.6) is 0 Å².